The van der Waals surface area contributed by atoms with Crippen molar-refractivity contribution in [1.29, 1.82) is 0 Å². The Labute approximate surface area is 336 Å². The Hall–Kier alpha value is -2.67. The molecule has 12 nitrogen and oxygen atoms in total. The van der Waals surface area contributed by atoms with E-state index in [0.29, 0.717) is 32.1 Å². The lowest BCUT2D eigenvalue weighted by Gasteiger charge is -2.20. The summed E-state index contributed by atoms with van der Waals surface area (Å²) in [5.74, 6) is -1.51. The average molecular weight is 810 g/mol. The molecule has 1 unspecified atom stereocenters. The maximum atomic E-state index is 12.7. The van der Waals surface area contributed by atoms with Crippen LogP contribution >= 0.6 is 7.82 Å². The zero-order chi connectivity index (χ0) is 41.3. The van der Waals surface area contributed by atoms with Crippen molar-refractivity contribution < 1.29 is 52.9 Å². The fourth-order valence-electron chi connectivity index (χ4n) is 6.03. The van der Waals surface area contributed by atoms with Gasteiger partial charge in [-0.1, -0.05) is 106 Å². The topological polar surface area (TPSA) is 195 Å². The largest absolute Gasteiger partial charge is 0.472 e. The second-order valence-electron chi connectivity index (χ2n) is 14.1. The van der Waals surface area contributed by atoms with Gasteiger partial charge in [0.1, 0.15) is 6.61 Å². The van der Waals surface area contributed by atoms with E-state index in [1.54, 1.807) is 6.08 Å². The smallest absolute Gasteiger partial charge is 0.462 e. The molecule has 1 aliphatic rings. The highest BCUT2D eigenvalue weighted by atomic mass is 31.2. The zero-order valence-electron chi connectivity index (χ0n) is 33.9. The Morgan fingerprint density at radius 2 is 1.43 bits per heavy atom. The number of ether oxygens (including phenoxy) is 2. The highest BCUT2D eigenvalue weighted by Crippen LogP contribution is 2.43. The van der Waals surface area contributed by atoms with Crippen molar-refractivity contribution in [3.05, 3.63) is 72.9 Å². The van der Waals surface area contributed by atoms with Gasteiger partial charge in [-0.05, 0) is 76.5 Å². The van der Waals surface area contributed by atoms with E-state index in [1.165, 1.54) is 0 Å². The molecule has 1 aliphatic carbocycles. The molecule has 0 aromatic carbocycles. The van der Waals surface area contributed by atoms with Gasteiger partial charge in [-0.15, -0.1) is 0 Å². The van der Waals surface area contributed by atoms with E-state index in [0.717, 1.165) is 57.8 Å². The van der Waals surface area contributed by atoms with Crippen LogP contribution in [0.25, 0.3) is 0 Å². The fraction of sp³-hybridized carbons (Fsp3) is 0.674. The quantitative estimate of drug-likeness (QED) is 0.0187. The summed E-state index contributed by atoms with van der Waals surface area (Å²) >= 11 is 0. The molecule has 0 amide bonds. The molecule has 1 saturated carbocycles. The van der Waals surface area contributed by atoms with Gasteiger partial charge in [-0.25, -0.2) is 4.57 Å². The molecule has 7 atom stereocenters. The fourth-order valence-corrected chi connectivity index (χ4v) is 6.79. The predicted molar refractivity (Wildman–Crippen MR) is 221 cm³/mol. The van der Waals surface area contributed by atoms with Crippen LogP contribution in [0.5, 0.6) is 0 Å². The first-order chi connectivity index (χ1) is 27.0. The summed E-state index contributed by atoms with van der Waals surface area (Å²) in [4.78, 5) is 35.0. The summed E-state index contributed by atoms with van der Waals surface area (Å²) in [5.41, 5.74) is 5.33. The molecular formula is C43H72NO11P. The molecule has 320 valence electrons. The van der Waals surface area contributed by atoms with Crippen LogP contribution in [0.15, 0.2) is 72.9 Å². The molecule has 0 radical (unpaired) electrons. The molecule has 0 bridgehead atoms. The third-order valence-electron chi connectivity index (χ3n) is 9.15. The Morgan fingerprint density at radius 3 is 2.11 bits per heavy atom. The van der Waals surface area contributed by atoms with Crippen molar-refractivity contribution in [2.45, 2.75) is 147 Å². The van der Waals surface area contributed by atoms with Crippen LogP contribution in [0, 0.1) is 11.8 Å². The van der Waals surface area contributed by atoms with Crippen molar-refractivity contribution >= 4 is 19.8 Å². The first kappa shape index (κ1) is 51.3. The second kappa shape index (κ2) is 33.3. The highest BCUT2D eigenvalue weighted by molar-refractivity contribution is 7.47. The minimum atomic E-state index is -4.46. The van der Waals surface area contributed by atoms with Crippen LogP contribution < -0.4 is 5.73 Å². The number of hydrogen-bond donors (Lipinski definition) is 5. The molecule has 1 rings (SSSR count). The van der Waals surface area contributed by atoms with E-state index in [1.807, 2.05) is 18.2 Å². The van der Waals surface area contributed by atoms with Gasteiger partial charge in [0.15, 0.2) is 6.10 Å². The van der Waals surface area contributed by atoms with Crippen molar-refractivity contribution in [2.75, 3.05) is 26.4 Å². The number of hydrogen-bond acceptors (Lipinski definition) is 11. The Morgan fingerprint density at radius 1 is 0.786 bits per heavy atom. The summed E-state index contributed by atoms with van der Waals surface area (Å²) in [5, 5.41) is 31.3. The summed E-state index contributed by atoms with van der Waals surface area (Å²) in [6.45, 7) is 3.15. The lowest BCUT2D eigenvalue weighted by atomic mass is 9.89. The molecule has 0 aliphatic heterocycles. The normalized spacial score (nSPS) is 21.3. The molecular weight excluding hydrogens is 737 g/mol. The number of aliphatic hydroxyl groups is 3. The number of phosphoric ester groups is 1. The van der Waals surface area contributed by atoms with Crippen molar-refractivity contribution in [3.8, 4) is 0 Å². The first-order valence-electron chi connectivity index (χ1n) is 20.7. The number of aliphatic hydroxyl groups excluding tert-OH is 3. The number of nitrogens with two attached hydrogens (primary N) is 1. The molecule has 56 heavy (non-hydrogen) atoms. The standard InChI is InChI=1S/C43H72NO11P/c1-3-5-7-8-9-10-11-12-13-14-15-16-17-18-23-27-42(48)52-34-37(35-54-56(50,51)53-32-31-44)55-43(49)28-24-20-19-22-26-38-39(41(47)33-40(38)46)30-29-36(45)25-21-6-4-2/h5,7,9-10,12-13,15-16,19,22,29-30,36-41,45-47H,3-4,6,8,11,14,17-18,20-21,23-28,31-35,44H2,1-2H3,(H,50,51)/b7-5-,10-9-,13-12-,16-15-,22-19+,30-29+/t36-,37+,38+,39+,40-,41+/m0/s1. The maximum absolute atomic E-state index is 12.7. The van der Waals surface area contributed by atoms with Crippen molar-refractivity contribution in [2.24, 2.45) is 17.6 Å². The lowest BCUT2D eigenvalue weighted by molar-refractivity contribution is -0.161. The van der Waals surface area contributed by atoms with Crippen molar-refractivity contribution in [3.63, 3.8) is 0 Å². The Kier molecular flexibility index (Phi) is 30.5. The van der Waals surface area contributed by atoms with Gasteiger partial charge in [0.25, 0.3) is 0 Å². The number of rotatable bonds is 33. The van der Waals surface area contributed by atoms with E-state index in [4.69, 9.17) is 24.3 Å². The number of esters is 2. The summed E-state index contributed by atoms with van der Waals surface area (Å²) in [7, 11) is -4.46. The summed E-state index contributed by atoms with van der Waals surface area (Å²) in [6.07, 6.45) is 33.2. The van der Waals surface area contributed by atoms with Crippen LogP contribution in [0.2, 0.25) is 0 Å². The van der Waals surface area contributed by atoms with Crippen LogP contribution in [0.1, 0.15) is 123 Å². The molecule has 0 saturated heterocycles. The Balaban J connectivity index is 2.48. The number of phosphoric acid groups is 1. The predicted octanol–water partition coefficient (Wildman–Crippen LogP) is 7.87. The molecule has 0 heterocycles. The maximum Gasteiger partial charge on any atom is 0.472 e. The molecule has 0 aromatic heterocycles. The zero-order valence-corrected chi connectivity index (χ0v) is 34.8. The first-order valence-corrected chi connectivity index (χ1v) is 22.2. The second-order valence-corrected chi connectivity index (χ2v) is 15.5. The van der Waals surface area contributed by atoms with E-state index in [9.17, 15) is 34.4 Å². The van der Waals surface area contributed by atoms with E-state index < -0.39 is 50.8 Å². The molecule has 1 fully saturated rings. The number of allylic oxidation sites excluding steroid dienone is 10. The van der Waals surface area contributed by atoms with Gasteiger partial charge in [0.2, 0.25) is 0 Å². The van der Waals surface area contributed by atoms with Crippen LogP contribution in [0.3, 0.4) is 0 Å². The lowest BCUT2D eigenvalue weighted by Crippen LogP contribution is -2.29. The van der Waals surface area contributed by atoms with Crippen LogP contribution in [-0.4, -0.2) is 82.9 Å². The minimum absolute atomic E-state index is 0.00478. The summed E-state index contributed by atoms with van der Waals surface area (Å²) in [6, 6.07) is 0. The molecule has 13 heteroatoms. The average Bonchev–Trinajstić information content (AvgIpc) is 3.44. The molecule has 6 N–H and O–H groups in total. The summed E-state index contributed by atoms with van der Waals surface area (Å²) < 4.78 is 32.6. The molecule has 0 aromatic rings. The van der Waals surface area contributed by atoms with Crippen LogP contribution in [-0.2, 0) is 32.7 Å². The van der Waals surface area contributed by atoms with E-state index >= 15 is 0 Å². The SMILES string of the molecule is CC/C=C\C/C=C\C/C=C\C/C=C\CCCCC(=O)OC[C@H](COP(=O)(O)OCCN)OC(=O)CCC/C=C/C[C@@H]1[C@@H](/C=C/[C@@H](O)CCCCC)[C@H](O)C[C@@H]1O. The third-order valence-corrected chi connectivity index (χ3v) is 10.1. The van der Waals surface area contributed by atoms with Gasteiger partial charge in [-0.2, -0.15) is 0 Å². The van der Waals surface area contributed by atoms with Gasteiger partial charge < -0.3 is 35.4 Å². The van der Waals surface area contributed by atoms with Crippen molar-refractivity contribution in [1.82, 2.24) is 0 Å². The van der Waals surface area contributed by atoms with Crippen LogP contribution in [0.4, 0.5) is 0 Å². The minimum Gasteiger partial charge on any atom is -0.462 e. The number of carbonyl (C=O) groups excluding carboxylic acids is 2. The molecule has 0 spiro atoms. The number of carbonyl (C=O) groups is 2. The van der Waals surface area contributed by atoms with E-state index in [-0.39, 0.29) is 50.9 Å². The Bertz CT molecular complexity index is 1260. The van der Waals surface area contributed by atoms with Gasteiger partial charge >= 0.3 is 19.8 Å². The van der Waals surface area contributed by atoms with Gasteiger partial charge in [0.05, 0.1) is 31.5 Å². The van der Waals surface area contributed by atoms with E-state index in [2.05, 4.69) is 62.5 Å². The van der Waals surface area contributed by atoms with Gasteiger partial charge in [0, 0.05) is 31.7 Å². The monoisotopic (exact) mass is 809 g/mol. The number of unbranched alkanes of at least 4 members (excludes halogenated alkanes) is 5. The van der Waals surface area contributed by atoms with Gasteiger partial charge in [-0.3, -0.25) is 18.6 Å². The highest BCUT2D eigenvalue weighted by Gasteiger charge is 2.39. The third kappa shape index (κ3) is 27.1.